The molecule has 1 aromatic heterocycles. The number of hydrogen-bond donors (Lipinski definition) is 0. The number of rotatable bonds is 3. The van der Waals surface area contributed by atoms with Gasteiger partial charge in [-0.15, -0.1) is 0 Å². The summed E-state index contributed by atoms with van der Waals surface area (Å²) in [5, 5.41) is 1.09. The molecule has 1 aliphatic rings. The summed E-state index contributed by atoms with van der Waals surface area (Å²) in [6.45, 7) is 0.818. The summed E-state index contributed by atoms with van der Waals surface area (Å²) < 4.78 is 8.19. The highest BCUT2D eigenvalue weighted by Gasteiger charge is 2.22. The third-order valence-electron chi connectivity index (χ3n) is 4.05. The first-order chi connectivity index (χ1) is 10.3. The van der Waals surface area contributed by atoms with Crippen LogP contribution in [0.5, 0.6) is 5.75 Å². The number of aldehydes is 1. The summed E-state index contributed by atoms with van der Waals surface area (Å²) in [7, 11) is 0. The lowest BCUT2D eigenvalue weighted by molar-refractivity contribution is 0.112. The number of nitrogens with zero attached hydrogens (tertiary/aromatic N) is 1. The minimum atomic E-state index is 0.170. The molecule has 0 N–H and O–H groups in total. The van der Waals surface area contributed by atoms with E-state index in [0.717, 1.165) is 35.9 Å². The fraction of sp³-hybridized carbons (Fsp3) is 0.167. The molecule has 0 aliphatic carbocycles. The van der Waals surface area contributed by atoms with Gasteiger partial charge in [0.2, 0.25) is 0 Å². The summed E-state index contributed by atoms with van der Waals surface area (Å²) in [6.07, 6.45) is 4.06. The Bertz CT molecular complexity index is 794. The number of fused-ring (bicyclic) bond motifs is 2. The van der Waals surface area contributed by atoms with Gasteiger partial charge in [0.05, 0.1) is 6.54 Å². The van der Waals surface area contributed by atoms with Gasteiger partial charge >= 0.3 is 0 Å². The van der Waals surface area contributed by atoms with Gasteiger partial charge in [-0.2, -0.15) is 0 Å². The molecule has 2 aromatic carbocycles. The summed E-state index contributed by atoms with van der Waals surface area (Å²) in [5.74, 6) is 1.00. The summed E-state index contributed by atoms with van der Waals surface area (Å²) in [6, 6.07) is 16.0. The Hall–Kier alpha value is -2.55. The minimum absolute atomic E-state index is 0.170. The van der Waals surface area contributed by atoms with Gasteiger partial charge in [-0.1, -0.05) is 18.2 Å². The van der Waals surface area contributed by atoms with Crippen LogP contribution in [-0.4, -0.2) is 17.0 Å². The van der Waals surface area contributed by atoms with E-state index >= 15 is 0 Å². The molecule has 104 valence electrons. The normalized spacial score (nSPS) is 16.7. The molecule has 2 heterocycles. The van der Waals surface area contributed by atoms with Crippen molar-refractivity contribution in [2.75, 3.05) is 0 Å². The molecule has 3 nitrogen and oxygen atoms in total. The molecule has 3 aromatic rings. The molecule has 21 heavy (non-hydrogen) atoms. The van der Waals surface area contributed by atoms with Crippen LogP contribution in [0, 0.1) is 0 Å². The lowest BCUT2D eigenvalue weighted by atomic mass is 10.1. The average Bonchev–Trinajstić information content (AvgIpc) is 3.10. The van der Waals surface area contributed by atoms with Crippen LogP contribution in [-0.2, 0) is 13.0 Å². The van der Waals surface area contributed by atoms with Crippen molar-refractivity contribution in [3.8, 4) is 5.75 Å². The van der Waals surface area contributed by atoms with E-state index in [-0.39, 0.29) is 6.10 Å². The SMILES string of the molecule is O=Cc1ccc2c(ccn2CC2Cc3ccccc3O2)c1. The molecule has 3 heteroatoms. The molecule has 0 radical (unpaired) electrons. The summed E-state index contributed by atoms with van der Waals surface area (Å²) in [4.78, 5) is 10.8. The molecule has 0 bridgehead atoms. The predicted molar refractivity (Wildman–Crippen MR) is 81.9 cm³/mol. The van der Waals surface area contributed by atoms with Gasteiger partial charge in [0.15, 0.2) is 0 Å². The Labute approximate surface area is 122 Å². The number of para-hydroxylation sites is 1. The van der Waals surface area contributed by atoms with Crippen molar-refractivity contribution in [1.29, 1.82) is 0 Å². The van der Waals surface area contributed by atoms with Crippen LogP contribution in [0.2, 0.25) is 0 Å². The number of carbonyl (C=O) groups is 1. The van der Waals surface area contributed by atoms with E-state index in [1.807, 2.05) is 36.4 Å². The lowest BCUT2D eigenvalue weighted by Crippen LogP contribution is -2.20. The van der Waals surface area contributed by atoms with Gasteiger partial charge in [-0.25, -0.2) is 0 Å². The zero-order valence-corrected chi connectivity index (χ0v) is 11.5. The van der Waals surface area contributed by atoms with Crippen LogP contribution >= 0.6 is 0 Å². The monoisotopic (exact) mass is 277 g/mol. The molecular weight excluding hydrogens is 262 g/mol. The minimum Gasteiger partial charge on any atom is -0.488 e. The number of hydrogen-bond acceptors (Lipinski definition) is 2. The van der Waals surface area contributed by atoms with E-state index in [1.54, 1.807) is 0 Å². The highest BCUT2D eigenvalue weighted by atomic mass is 16.5. The van der Waals surface area contributed by atoms with Crippen molar-refractivity contribution in [2.24, 2.45) is 0 Å². The van der Waals surface area contributed by atoms with E-state index in [4.69, 9.17) is 4.74 Å². The van der Waals surface area contributed by atoms with Gasteiger partial charge in [0, 0.05) is 29.1 Å². The molecule has 1 aliphatic heterocycles. The maximum Gasteiger partial charge on any atom is 0.150 e. The molecule has 0 spiro atoms. The molecule has 1 unspecified atom stereocenters. The van der Waals surface area contributed by atoms with Gasteiger partial charge in [-0.3, -0.25) is 4.79 Å². The molecule has 0 saturated carbocycles. The van der Waals surface area contributed by atoms with Gasteiger partial charge in [-0.05, 0) is 35.9 Å². The first-order valence-electron chi connectivity index (χ1n) is 7.12. The molecular formula is C18H15NO2. The van der Waals surface area contributed by atoms with Crippen molar-refractivity contribution in [2.45, 2.75) is 19.1 Å². The summed E-state index contributed by atoms with van der Waals surface area (Å²) in [5.41, 5.74) is 3.13. The van der Waals surface area contributed by atoms with E-state index in [0.29, 0.717) is 5.56 Å². The van der Waals surface area contributed by atoms with Crippen LogP contribution in [0.4, 0.5) is 0 Å². The number of benzene rings is 2. The van der Waals surface area contributed by atoms with Crippen molar-refractivity contribution in [3.63, 3.8) is 0 Å². The predicted octanol–water partition coefficient (Wildman–Crippen LogP) is 3.46. The topological polar surface area (TPSA) is 31.2 Å². The smallest absolute Gasteiger partial charge is 0.150 e. The Morgan fingerprint density at radius 3 is 2.95 bits per heavy atom. The van der Waals surface area contributed by atoms with Crippen LogP contribution in [0.3, 0.4) is 0 Å². The second-order valence-corrected chi connectivity index (χ2v) is 5.46. The molecule has 0 fully saturated rings. The Morgan fingerprint density at radius 2 is 2.10 bits per heavy atom. The largest absolute Gasteiger partial charge is 0.488 e. The van der Waals surface area contributed by atoms with Crippen LogP contribution in [0.15, 0.2) is 54.7 Å². The third-order valence-corrected chi connectivity index (χ3v) is 4.05. The highest BCUT2D eigenvalue weighted by molar-refractivity contribution is 5.87. The van der Waals surface area contributed by atoms with Crippen molar-refractivity contribution in [1.82, 2.24) is 4.57 Å². The van der Waals surface area contributed by atoms with Crippen molar-refractivity contribution < 1.29 is 9.53 Å². The van der Waals surface area contributed by atoms with Crippen molar-refractivity contribution in [3.05, 3.63) is 65.9 Å². The maximum atomic E-state index is 10.8. The zero-order valence-electron chi connectivity index (χ0n) is 11.5. The average molecular weight is 277 g/mol. The highest BCUT2D eigenvalue weighted by Crippen LogP contribution is 2.29. The number of aromatic nitrogens is 1. The summed E-state index contributed by atoms with van der Waals surface area (Å²) >= 11 is 0. The molecule has 1 atom stereocenters. The second kappa shape index (κ2) is 4.77. The molecule has 4 rings (SSSR count). The van der Waals surface area contributed by atoms with Crippen LogP contribution in [0.1, 0.15) is 15.9 Å². The second-order valence-electron chi connectivity index (χ2n) is 5.46. The number of ether oxygens (including phenoxy) is 1. The van der Waals surface area contributed by atoms with Crippen LogP contribution < -0.4 is 4.74 Å². The third kappa shape index (κ3) is 2.11. The van der Waals surface area contributed by atoms with Gasteiger partial charge in [0.25, 0.3) is 0 Å². The standard InChI is InChI=1S/C18H15NO2/c20-12-13-5-6-17-14(9-13)7-8-19(17)11-16-10-15-3-1-2-4-18(15)21-16/h1-9,12,16H,10-11H2. The first kappa shape index (κ1) is 12.2. The fourth-order valence-corrected chi connectivity index (χ4v) is 3.03. The van der Waals surface area contributed by atoms with Crippen LogP contribution in [0.25, 0.3) is 10.9 Å². The number of carbonyl (C=O) groups excluding carboxylic acids is 1. The zero-order chi connectivity index (χ0) is 14.2. The Kier molecular flexibility index (Phi) is 2.78. The Morgan fingerprint density at radius 1 is 1.19 bits per heavy atom. The van der Waals surface area contributed by atoms with E-state index in [9.17, 15) is 4.79 Å². The van der Waals surface area contributed by atoms with Gasteiger partial charge in [0.1, 0.15) is 18.1 Å². The van der Waals surface area contributed by atoms with Crippen molar-refractivity contribution >= 4 is 17.2 Å². The lowest BCUT2D eigenvalue weighted by Gasteiger charge is -2.13. The van der Waals surface area contributed by atoms with E-state index in [1.165, 1.54) is 5.56 Å². The van der Waals surface area contributed by atoms with E-state index < -0.39 is 0 Å². The molecule has 0 saturated heterocycles. The van der Waals surface area contributed by atoms with E-state index in [2.05, 4.69) is 22.9 Å². The quantitative estimate of drug-likeness (QED) is 0.686. The fourth-order valence-electron chi connectivity index (χ4n) is 3.03. The molecule has 0 amide bonds. The first-order valence-corrected chi connectivity index (χ1v) is 7.12. The maximum absolute atomic E-state index is 10.8. The Balaban J connectivity index is 1.60. The van der Waals surface area contributed by atoms with Gasteiger partial charge < -0.3 is 9.30 Å².